The summed E-state index contributed by atoms with van der Waals surface area (Å²) >= 11 is 6.09. The molecular formula is C17H16ClNO. The maximum absolute atomic E-state index is 6.09. The van der Waals surface area contributed by atoms with Crippen LogP contribution < -0.4 is 4.74 Å². The van der Waals surface area contributed by atoms with E-state index in [2.05, 4.69) is 42.0 Å². The van der Waals surface area contributed by atoms with Crippen molar-refractivity contribution in [3.63, 3.8) is 0 Å². The highest BCUT2D eigenvalue weighted by atomic mass is 35.5. The van der Waals surface area contributed by atoms with E-state index >= 15 is 0 Å². The van der Waals surface area contributed by atoms with Gasteiger partial charge < -0.3 is 9.30 Å². The van der Waals surface area contributed by atoms with Crippen LogP contribution in [0.3, 0.4) is 0 Å². The third kappa shape index (κ3) is 2.39. The zero-order valence-electron chi connectivity index (χ0n) is 11.6. The van der Waals surface area contributed by atoms with Gasteiger partial charge in [0.25, 0.3) is 0 Å². The molecule has 0 fully saturated rings. The molecule has 1 aromatic heterocycles. The lowest BCUT2D eigenvalue weighted by molar-refractivity contribution is 0.408. The lowest BCUT2D eigenvalue weighted by atomic mass is 10.1. The van der Waals surface area contributed by atoms with Crippen molar-refractivity contribution in [2.24, 2.45) is 0 Å². The molecule has 0 bridgehead atoms. The first-order valence-corrected chi connectivity index (χ1v) is 6.93. The van der Waals surface area contributed by atoms with E-state index in [9.17, 15) is 0 Å². The molecule has 1 heterocycles. The maximum Gasteiger partial charge on any atom is 0.123 e. The third-order valence-corrected chi connectivity index (χ3v) is 3.75. The number of hydrogen-bond acceptors (Lipinski definition) is 1. The predicted octanol–water partition coefficient (Wildman–Crippen LogP) is 4.66. The van der Waals surface area contributed by atoms with Gasteiger partial charge in [-0.3, -0.25) is 0 Å². The van der Waals surface area contributed by atoms with Crippen LogP contribution in [0, 0.1) is 6.92 Å². The zero-order chi connectivity index (χ0) is 14.1. The van der Waals surface area contributed by atoms with Crippen LogP contribution in [0.5, 0.6) is 5.75 Å². The summed E-state index contributed by atoms with van der Waals surface area (Å²) in [5.41, 5.74) is 3.57. The molecule has 0 aliphatic rings. The minimum Gasteiger partial charge on any atom is -0.496 e. The van der Waals surface area contributed by atoms with Gasteiger partial charge in [-0.15, -0.1) is 0 Å². The topological polar surface area (TPSA) is 14.2 Å². The van der Waals surface area contributed by atoms with E-state index in [-0.39, 0.29) is 0 Å². The Morgan fingerprint density at radius 1 is 1.10 bits per heavy atom. The van der Waals surface area contributed by atoms with Gasteiger partial charge in [0, 0.05) is 22.3 Å². The van der Waals surface area contributed by atoms with Gasteiger partial charge in [0.2, 0.25) is 0 Å². The highest BCUT2D eigenvalue weighted by Crippen LogP contribution is 2.25. The summed E-state index contributed by atoms with van der Waals surface area (Å²) in [5.74, 6) is 0.865. The van der Waals surface area contributed by atoms with Gasteiger partial charge in [-0.1, -0.05) is 23.7 Å². The van der Waals surface area contributed by atoms with Crippen molar-refractivity contribution in [1.82, 2.24) is 4.57 Å². The Labute approximate surface area is 123 Å². The molecular weight excluding hydrogens is 270 g/mol. The smallest absolute Gasteiger partial charge is 0.123 e. The number of fused-ring (bicyclic) bond motifs is 1. The standard InChI is InChI=1S/C17H16ClNO/c1-12-3-4-13-7-8-19(16(13)9-12)11-14-10-15(18)5-6-17(14)20-2/h3-10H,11H2,1-2H3. The van der Waals surface area contributed by atoms with Crippen molar-refractivity contribution in [1.29, 1.82) is 0 Å². The van der Waals surface area contributed by atoms with E-state index in [1.165, 1.54) is 16.5 Å². The number of aryl methyl sites for hydroxylation is 1. The molecule has 102 valence electrons. The summed E-state index contributed by atoms with van der Waals surface area (Å²) in [6.07, 6.45) is 2.10. The van der Waals surface area contributed by atoms with Crippen molar-refractivity contribution >= 4 is 22.5 Å². The minimum absolute atomic E-state index is 0.730. The van der Waals surface area contributed by atoms with Crippen molar-refractivity contribution in [3.05, 3.63) is 64.8 Å². The van der Waals surface area contributed by atoms with E-state index in [0.717, 1.165) is 22.9 Å². The van der Waals surface area contributed by atoms with Gasteiger partial charge >= 0.3 is 0 Å². The molecule has 0 aliphatic heterocycles. The van der Waals surface area contributed by atoms with Crippen molar-refractivity contribution in [3.8, 4) is 5.75 Å². The Bertz CT molecular complexity index is 761. The number of aromatic nitrogens is 1. The lowest BCUT2D eigenvalue weighted by Gasteiger charge is -2.11. The Hall–Kier alpha value is -1.93. The molecule has 3 heteroatoms. The molecule has 2 aromatic carbocycles. The fourth-order valence-corrected chi connectivity index (χ4v) is 2.68. The summed E-state index contributed by atoms with van der Waals surface area (Å²) in [5, 5.41) is 1.98. The first kappa shape index (κ1) is 13.1. The minimum atomic E-state index is 0.730. The van der Waals surface area contributed by atoms with Crippen molar-refractivity contribution in [2.75, 3.05) is 7.11 Å². The second-order valence-corrected chi connectivity index (χ2v) is 5.40. The highest BCUT2D eigenvalue weighted by molar-refractivity contribution is 6.30. The summed E-state index contributed by atoms with van der Waals surface area (Å²) in [7, 11) is 1.69. The number of nitrogens with zero attached hydrogens (tertiary/aromatic N) is 1. The van der Waals surface area contributed by atoms with Crippen LogP contribution in [-0.4, -0.2) is 11.7 Å². The normalized spacial score (nSPS) is 10.9. The van der Waals surface area contributed by atoms with E-state index in [1.54, 1.807) is 7.11 Å². The number of rotatable bonds is 3. The first-order chi connectivity index (χ1) is 9.67. The molecule has 0 atom stereocenters. The molecule has 3 aromatic rings. The van der Waals surface area contributed by atoms with E-state index in [4.69, 9.17) is 16.3 Å². The second kappa shape index (κ2) is 5.22. The lowest BCUT2D eigenvalue weighted by Crippen LogP contribution is -2.00. The average molecular weight is 286 g/mol. The third-order valence-electron chi connectivity index (χ3n) is 3.51. The maximum atomic E-state index is 6.09. The van der Waals surface area contributed by atoms with Crippen LogP contribution in [0.2, 0.25) is 5.02 Å². The Kier molecular flexibility index (Phi) is 3.41. The Balaban J connectivity index is 2.05. The van der Waals surface area contributed by atoms with E-state index in [0.29, 0.717) is 0 Å². The Morgan fingerprint density at radius 2 is 1.95 bits per heavy atom. The van der Waals surface area contributed by atoms with Gasteiger partial charge in [0.05, 0.1) is 13.7 Å². The van der Waals surface area contributed by atoms with Gasteiger partial charge in [-0.25, -0.2) is 0 Å². The van der Waals surface area contributed by atoms with Crippen LogP contribution in [0.4, 0.5) is 0 Å². The molecule has 0 spiro atoms. The van der Waals surface area contributed by atoms with Gasteiger partial charge in [-0.2, -0.15) is 0 Å². The first-order valence-electron chi connectivity index (χ1n) is 6.55. The molecule has 0 saturated heterocycles. The number of methoxy groups -OCH3 is 1. The van der Waals surface area contributed by atoms with Gasteiger partial charge in [0.15, 0.2) is 0 Å². The average Bonchev–Trinajstić information content (AvgIpc) is 2.82. The molecule has 2 nitrogen and oxygen atoms in total. The number of benzene rings is 2. The highest BCUT2D eigenvalue weighted by Gasteiger charge is 2.07. The molecule has 3 rings (SSSR count). The molecule has 0 N–H and O–H groups in total. The van der Waals surface area contributed by atoms with Crippen LogP contribution in [0.1, 0.15) is 11.1 Å². The SMILES string of the molecule is COc1ccc(Cl)cc1Cn1ccc2ccc(C)cc21. The molecule has 0 radical (unpaired) electrons. The quantitative estimate of drug-likeness (QED) is 0.683. The van der Waals surface area contributed by atoms with Crippen LogP contribution in [0.15, 0.2) is 48.7 Å². The van der Waals surface area contributed by atoms with Crippen molar-refractivity contribution < 1.29 is 4.74 Å². The number of hydrogen-bond donors (Lipinski definition) is 0. The monoisotopic (exact) mass is 285 g/mol. The molecule has 0 aliphatic carbocycles. The van der Waals surface area contributed by atoms with Crippen LogP contribution >= 0.6 is 11.6 Å². The Morgan fingerprint density at radius 3 is 2.75 bits per heavy atom. The molecule has 0 amide bonds. The second-order valence-electron chi connectivity index (χ2n) is 4.96. The van der Waals surface area contributed by atoms with E-state index < -0.39 is 0 Å². The van der Waals surface area contributed by atoms with E-state index in [1.807, 2.05) is 18.2 Å². The summed E-state index contributed by atoms with van der Waals surface area (Å²) in [4.78, 5) is 0. The fourth-order valence-electron chi connectivity index (χ4n) is 2.49. The number of halogens is 1. The predicted molar refractivity (Wildman–Crippen MR) is 83.8 cm³/mol. The van der Waals surface area contributed by atoms with Crippen LogP contribution in [-0.2, 0) is 6.54 Å². The van der Waals surface area contributed by atoms with Crippen molar-refractivity contribution in [2.45, 2.75) is 13.5 Å². The summed E-state index contributed by atoms with van der Waals surface area (Å²) in [6.45, 7) is 2.85. The van der Waals surface area contributed by atoms with Gasteiger partial charge in [0.1, 0.15) is 5.75 Å². The summed E-state index contributed by atoms with van der Waals surface area (Å²) in [6, 6.07) is 14.3. The van der Waals surface area contributed by atoms with Crippen LogP contribution in [0.25, 0.3) is 10.9 Å². The fraction of sp³-hybridized carbons (Fsp3) is 0.176. The number of ether oxygens (including phenoxy) is 1. The molecule has 0 saturated carbocycles. The summed E-state index contributed by atoms with van der Waals surface area (Å²) < 4.78 is 7.63. The zero-order valence-corrected chi connectivity index (χ0v) is 12.3. The largest absolute Gasteiger partial charge is 0.496 e. The van der Waals surface area contributed by atoms with Gasteiger partial charge in [-0.05, 0) is 48.2 Å². The molecule has 0 unspecified atom stereocenters. The molecule has 20 heavy (non-hydrogen) atoms.